The van der Waals surface area contributed by atoms with Gasteiger partial charge in [-0.1, -0.05) is 48.5 Å². The van der Waals surface area contributed by atoms with E-state index in [1.165, 1.54) is 97.1 Å². The zero-order valence-corrected chi connectivity index (χ0v) is 39.2. The number of carboxylic acids is 1. The van der Waals surface area contributed by atoms with E-state index >= 15 is 0 Å². The number of H-pyrrole nitrogens is 2. The summed E-state index contributed by atoms with van der Waals surface area (Å²) in [6, 6.07) is 19.6. The van der Waals surface area contributed by atoms with Crippen molar-refractivity contribution in [1.29, 1.82) is 0 Å². The van der Waals surface area contributed by atoms with E-state index < -0.39 is 93.8 Å². The van der Waals surface area contributed by atoms with Gasteiger partial charge in [-0.25, -0.2) is 27.5 Å². The van der Waals surface area contributed by atoms with Crippen LogP contribution in [-0.4, -0.2) is 72.4 Å². The summed E-state index contributed by atoms with van der Waals surface area (Å²) in [5.41, 5.74) is -0.553. The number of hydrogen-bond donors (Lipinski definition) is 5. The van der Waals surface area contributed by atoms with Gasteiger partial charge in [-0.2, -0.15) is 0 Å². The van der Waals surface area contributed by atoms with E-state index in [0.717, 1.165) is 12.4 Å². The molecule has 2 aromatic heterocycles. The number of benzene rings is 4. The summed E-state index contributed by atoms with van der Waals surface area (Å²) in [6.07, 6.45) is 0.690. The van der Waals surface area contributed by atoms with Gasteiger partial charge < -0.3 is 35.9 Å². The molecule has 22 heteroatoms. The minimum absolute atomic E-state index is 0. The Morgan fingerprint density at radius 1 is 0.559 bits per heavy atom. The van der Waals surface area contributed by atoms with E-state index in [9.17, 15) is 55.9 Å². The fourth-order valence-electron chi connectivity index (χ4n) is 6.06. The number of carbonyl (C=O) groups is 6. The number of esters is 1. The van der Waals surface area contributed by atoms with Gasteiger partial charge in [0, 0.05) is 25.2 Å². The Morgan fingerprint density at radius 3 is 1.15 bits per heavy atom. The quantitative estimate of drug-likeness (QED) is 0.0381. The monoisotopic (exact) mass is 966 g/mol. The van der Waals surface area contributed by atoms with Gasteiger partial charge in [0.2, 0.25) is 0 Å². The van der Waals surface area contributed by atoms with Gasteiger partial charge >= 0.3 is 63.3 Å². The van der Waals surface area contributed by atoms with Gasteiger partial charge in [-0.15, -0.1) is 0 Å². The van der Waals surface area contributed by atoms with Crippen molar-refractivity contribution < 1.29 is 113 Å². The maximum absolute atomic E-state index is 13.4. The van der Waals surface area contributed by atoms with Crippen LogP contribution < -0.4 is 73.1 Å². The summed E-state index contributed by atoms with van der Waals surface area (Å²) in [6.45, 7) is 1.82. The molecule has 348 valence electrons. The molecule has 2 heterocycles. The number of nitrogens with zero attached hydrogens (tertiary/aromatic N) is 2. The van der Waals surface area contributed by atoms with Crippen molar-refractivity contribution >= 4 is 35.3 Å². The standard InChI is InChI=1S/C24H21F2N3O5.C22H17F2N3O5.K.H2O/c1-2-34-20(31)12-11-19(30)22-27-13-18(24(33)29-22)23(32)28-21(14-3-7-16(25)8-4-14)15-5-9-17(26)10-6-15;23-14-5-1-12(2-6-14)19(13-3-7-15(24)8-4-13)26-21(31)16-11-25-20(27-22(16)32)17(28)9-10-18(29)30;;/h3-10,13,21H,2,11-12H2,1H3,(H,28,32)(H,27,29,33);1-8,11,19H,9-10H2,(H,26,31)(H,29,30)(H,25,27,32);;1H2/q;;+1;/p-1. The van der Waals surface area contributed by atoms with Gasteiger partial charge in [-0.05, 0) is 77.7 Å². The fourth-order valence-corrected chi connectivity index (χ4v) is 6.06. The molecule has 0 aliphatic rings. The first-order valence-electron chi connectivity index (χ1n) is 19.8. The molecule has 4 aromatic carbocycles. The van der Waals surface area contributed by atoms with Gasteiger partial charge in [0.15, 0.2) is 23.2 Å². The Kier molecular flexibility index (Phi) is 21.6. The number of aromatic nitrogens is 4. The van der Waals surface area contributed by atoms with Crippen LogP contribution in [0.5, 0.6) is 0 Å². The molecule has 0 atom stereocenters. The Morgan fingerprint density at radius 2 is 0.868 bits per heavy atom. The predicted molar refractivity (Wildman–Crippen MR) is 227 cm³/mol. The van der Waals surface area contributed by atoms with Gasteiger partial charge in [0.25, 0.3) is 22.9 Å². The first-order chi connectivity index (χ1) is 31.5. The molecule has 0 spiro atoms. The van der Waals surface area contributed by atoms with Crippen molar-refractivity contribution in [2.24, 2.45) is 0 Å². The topological polar surface area (TPSA) is 277 Å². The van der Waals surface area contributed by atoms with Crippen LogP contribution in [0.3, 0.4) is 0 Å². The third-order valence-corrected chi connectivity index (χ3v) is 9.41. The van der Waals surface area contributed by atoms with E-state index in [4.69, 9.17) is 9.84 Å². The van der Waals surface area contributed by atoms with E-state index in [-0.39, 0.29) is 99.9 Å². The van der Waals surface area contributed by atoms with E-state index in [1.807, 2.05) is 0 Å². The summed E-state index contributed by atoms with van der Waals surface area (Å²) in [7, 11) is 0. The molecule has 2 amide bonds. The average Bonchev–Trinajstić information content (AvgIpc) is 3.30. The summed E-state index contributed by atoms with van der Waals surface area (Å²) in [5, 5.41) is 13.9. The number of carbonyl (C=O) groups excluding carboxylic acids is 5. The maximum Gasteiger partial charge on any atom is 1.00 e. The second-order valence-electron chi connectivity index (χ2n) is 14.0. The molecule has 6 rings (SSSR count). The van der Waals surface area contributed by atoms with Crippen LogP contribution in [0.1, 0.15) is 109 Å². The summed E-state index contributed by atoms with van der Waals surface area (Å²) < 4.78 is 58.2. The number of nitrogens with one attached hydrogen (secondary N) is 4. The molecule has 0 radical (unpaired) electrons. The number of ether oxygens (including phenoxy) is 1. The molecule has 68 heavy (non-hydrogen) atoms. The van der Waals surface area contributed by atoms with Crippen LogP contribution in [0.4, 0.5) is 17.6 Å². The van der Waals surface area contributed by atoms with Crippen LogP contribution in [-0.2, 0) is 14.3 Å². The third kappa shape index (κ3) is 15.9. The number of amides is 2. The number of hydrogen-bond acceptors (Lipinski definition) is 12. The first kappa shape index (κ1) is 55.5. The molecule has 0 aliphatic heterocycles. The molecule has 0 saturated carbocycles. The third-order valence-electron chi connectivity index (χ3n) is 9.41. The Balaban J connectivity index is 0.000000351. The Labute approximate surface area is 425 Å². The molecule has 0 bridgehead atoms. The summed E-state index contributed by atoms with van der Waals surface area (Å²) in [4.78, 5) is 109. The number of rotatable bonds is 17. The molecular formula is C46H39F4KN6O11. The van der Waals surface area contributed by atoms with Crippen molar-refractivity contribution in [3.05, 3.63) is 198 Å². The van der Waals surface area contributed by atoms with Gasteiger partial charge in [0.05, 0.1) is 31.5 Å². The molecule has 17 nitrogen and oxygen atoms in total. The van der Waals surface area contributed by atoms with Gasteiger partial charge in [0.1, 0.15) is 34.4 Å². The number of aliphatic carboxylic acids is 1. The summed E-state index contributed by atoms with van der Waals surface area (Å²) >= 11 is 0. The second-order valence-corrected chi connectivity index (χ2v) is 14.0. The van der Waals surface area contributed by atoms with Crippen molar-refractivity contribution in [3.63, 3.8) is 0 Å². The van der Waals surface area contributed by atoms with Crippen LogP contribution in [0.2, 0.25) is 0 Å². The number of halogens is 4. The Hall–Kier alpha value is -6.82. The van der Waals surface area contributed by atoms with Gasteiger partial charge in [-0.3, -0.25) is 38.4 Å². The fraction of sp³-hybridized carbons (Fsp3) is 0.174. The first-order valence-corrected chi connectivity index (χ1v) is 19.8. The van der Waals surface area contributed by atoms with Crippen LogP contribution in [0, 0.1) is 23.3 Å². The van der Waals surface area contributed by atoms with E-state index in [0.29, 0.717) is 22.3 Å². The largest absolute Gasteiger partial charge is 1.00 e. The molecule has 6 N–H and O–H groups in total. The molecular weight excluding hydrogens is 928 g/mol. The number of Topliss-reactive ketones (excluding diaryl/α,β-unsaturated/α-hetero) is 2. The molecule has 0 aliphatic carbocycles. The number of ketones is 2. The zero-order valence-electron chi connectivity index (χ0n) is 36.1. The molecule has 0 fully saturated rings. The van der Waals surface area contributed by atoms with Crippen LogP contribution >= 0.6 is 0 Å². The predicted octanol–water partition coefficient (Wildman–Crippen LogP) is 2.54. The van der Waals surface area contributed by atoms with Crippen molar-refractivity contribution in [3.8, 4) is 0 Å². The van der Waals surface area contributed by atoms with E-state index in [2.05, 4.69) is 30.6 Å². The maximum atomic E-state index is 13.4. The minimum Gasteiger partial charge on any atom is -0.870 e. The van der Waals surface area contributed by atoms with Crippen molar-refractivity contribution in [2.75, 3.05) is 6.61 Å². The second kappa shape index (κ2) is 26.5. The molecule has 6 aromatic rings. The number of aromatic amines is 2. The molecule has 0 unspecified atom stereocenters. The smallest absolute Gasteiger partial charge is 0.870 e. The average molecular weight is 967 g/mol. The van der Waals surface area contributed by atoms with Crippen molar-refractivity contribution in [1.82, 2.24) is 30.6 Å². The van der Waals surface area contributed by atoms with Crippen molar-refractivity contribution in [2.45, 2.75) is 44.7 Å². The number of carboxylic acid groups (broad SMARTS) is 1. The zero-order chi connectivity index (χ0) is 47.9. The Bertz CT molecular complexity index is 2760. The normalized spacial score (nSPS) is 10.4. The summed E-state index contributed by atoms with van der Waals surface area (Å²) in [5.74, 6) is -7.22. The van der Waals surface area contributed by atoms with Crippen LogP contribution in [0.25, 0.3) is 0 Å². The minimum atomic E-state index is -1.18. The SMILES string of the molecule is CCOC(=O)CCC(=O)c1ncc(C(=O)NC(c2ccc(F)cc2)c2ccc(F)cc2)c(=O)[nH]1.O=C(O)CCC(=O)c1ncc(C(=O)NC(c2ccc(F)cc2)c2ccc(F)cc2)c(=O)[nH]1.[K+].[OH-]. The van der Waals surface area contributed by atoms with E-state index in [1.54, 1.807) is 6.92 Å². The van der Waals surface area contributed by atoms with Crippen LogP contribution in [0.15, 0.2) is 119 Å². The molecule has 0 saturated heterocycles.